The molecule has 1 rings (SSSR count). The van der Waals surface area contributed by atoms with Crippen molar-refractivity contribution < 1.29 is 0 Å². The molecule has 0 aliphatic rings. The van der Waals surface area contributed by atoms with Crippen molar-refractivity contribution >= 4 is 27.5 Å². The van der Waals surface area contributed by atoms with Crippen molar-refractivity contribution in [1.82, 2.24) is 0 Å². The molecule has 0 aliphatic carbocycles. The summed E-state index contributed by atoms with van der Waals surface area (Å²) in [6.07, 6.45) is 4.27. The van der Waals surface area contributed by atoms with Gasteiger partial charge >= 0.3 is 0 Å². The predicted molar refractivity (Wildman–Crippen MR) is 88.7 cm³/mol. The van der Waals surface area contributed by atoms with Gasteiger partial charge in [-0.15, -0.1) is 0 Å². The summed E-state index contributed by atoms with van der Waals surface area (Å²) in [5, 5.41) is 0. The lowest BCUT2D eigenvalue weighted by Gasteiger charge is -2.00. The van der Waals surface area contributed by atoms with Crippen LogP contribution in [0.2, 0.25) is 0 Å². The zero-order chi connectivity index (χ0) is 14.8. The topological polar surface area (TPSA) is 64.4 Å². The lowest BCUT2D eigenvalue weighted by Crippen LogP contribution is -2.09. The molecule has 0 saturated carbocycles. The molecule has 0 unspecified atom stereocenters. The summed E-state index contributed by atoms with van der Waals surface area (Å²) in [6, 6.07) is 5.81. The van der Waals surface area contributed by atoms with Crippen molar-refractivity contribution in [3.05, 3.63) is 40.0 Å². The second-order valence-electron chi connectivity index (χ2n) is 4.36. The van der Waals surface area contributed by atoms with Crippen LogP contribution >= 0.6 is 15.9 Å². The van der Waals surface area contributed by atoms with Crippen molar-refractivity contribution in [1.29, 1.82) is 0 Å². The standard InChI is InChI=1S/C11H14BrN3.C4H10/c1-7-3-4-9(6-10(7)12)15-11(14)5-8(2)13;1-3-4-2/h3-6H,13H2,1-2H3,(H2,14,15);3-4H2,1-2H3/b8-5-;. The predicted octanol–water partition coefficient (Wildman–Crippen LogP) is 4.42. The van der Waals surface area contributed by atoms with Crippen LogP contribution in [-0.4, -0.2) is 5.84 Å². The third kappa shape index (κ3) is 8.43. The number of amidine groups is 1. The first-order chi connectivity index (χ1) is 8.90. The molecule has 106 valence electrons. The van der Waals surface area contributed by atoms with Gasteiger partial charge in [-0.05, 0) is 37.6 Å². The Balaban J connectivity index is 0.000000711. The van der Waals surface area contributed by atoms with E-state index in [9.17, 15) is 0 Å². The van der Waals surface area contributed by atoms with Gasteiger partial charge in [0.25, 0.3) is 0 Å². The van der Waals surface area contributed by atoms with Crippen molar-refractivity contribution in [3.8, 4) is 0 Å². The molecule has 0 amide bonds. The zero-order valence-corrected chi connectivity index (χ0v) is 13.8. The SMILES string of the molecule is C/C(N)=C/C(N)=Nc1ccc(C)c(Br)c1.CCCC. The third-order valence-corrected chi connectivity index (χ3v) is 3.14. The molecule has 3 nitrogen and oxygen atoms in total. The fourth-order valence-corrected chi connectivity index (χ4v) is 1.43. The second kappa shape index (κ2) is 9.62. The van der Waals surface area contributed by atoms with Gasteiger partial charge in [0.15, 0.2) is 0 Å². The normalized spacial score (nSPS) is 11.8. The number of hydrogen-bond acceptors (Lipinski definition) is 2. The number of rotatable bonds is 3. The molecule has 0 fully saturated rings. The Morgan fingerprint density at radius 1 is 1.26 bits per heavy atom. The number of unbranched alkanes of at least 4 members (excludes halogenated alkanes) is 1. The minimum atomic E-state index is 0.408. The minimum Gasteiger partial charge on any atom is -0.402 e. The number of benzene rings is 1. The Hall–Kier alpha value is -1.29. The fourth-order valence-electron chi connectivity index (χ4n) is 1.07. The van der Waals surface area contributed by atoms with Crippen LogP contribution in [0.3, 0.4) is 0 Å². The molecule has 0 heterocycles. The van der Waals surface area contributed by atoms with E-state index >= 15 is 0 Å². The van der Waals surface area contributed by atoms with E-state index in [2.05, 4.69) is 34.8 Å². The molecule has 0 radical (unpaired) electrons. The average molecular weight is 326 g/mol. The van der Waals surface area contributed by atoms with Gasteiger partial charge in [-0.2, -0.15) is 0 Å². The third-order valence-electron chi connectivity index (χ3n) is 2.29. The molecule has 0 aromatic heterocycles. The molecule has 0 bridgehead atoms. The van der Waals surface area contributed by atoms with E-state index in [1.54, 1.807) is 13.0 Å². The molecule has 0 aliphatic heterocycles. The molecular formula is C15H24BrN3. The van der Waals surface area contributed by atoms with E-state index in [1.807, 2.05) is 25.1 Å². The van der Waals surface area contributed by atoms with E-state index < -0.39 is 0 Å². The Labute approximate surface area is 124 Å². The number of halogens is 1. The van der Waals surface area contributed by atoms with Gasteiger partial charge in [-0.1, -0.05) is 48.7 Å². The highest BCUT2D eigenvalue weighted by molar-refractivity contribution is 9.10. The molecule has 19 heavy (non-hydrogen) atoms. The van der Waals surface area contributed by atoms with Crippen LogP contribution in [-0.2, 0) is 0 Å². The molecule has 1 aromatic rings. The molecule has 4 N–H and O–H groups in total. The van der Waals surface area contributed by atoms with Crippen LogP contribution in [0.15, 0.2) is 39.4 Å². The number of aryl methyl sites for hydroxylation is 1. The Kier molecular flexibility index (Phi) is 8.96. The Morgan fingerprint density at radius 2 is 1.84 bits per heavy atom. The van der Waals surface area contributed by atoms with E-state index in [0.717, 1.165) is 15.7 Å². The van der Waals surface area contributed by atoms with Gasteiger partial charge < -0.3 is 11.5 Å². The highest BCUT2D eigenvalue weighted by atomic mass is 79.9. The van der Waals surface area contributed by atoms with Crippen molar-refractivity contribution in [3.63, 3.8) is 0 Å². The molecule has 0 atom stereocenters. The number of nitrogens with zero attached hydrogens (tertiary/aromatic N) is 1. The number of aliphatic imine (C=N–C) groups is 1. The first kappa shape index (κ1) is 17.7. The number of nitrogens with two attached hydrogens (primary N) is 2. The van der Waals surface area contributed by atoms with Crippen LogP contribution in [0.25, 0.3) is 0 Å². The van der Waals surface area contributed by atoms with Crippen molar-refractivity contribution in [2.75, 3.05) is 0 Å². The van der Waals surface area contributed by atoms with Crippen LogP contribution in [0.1, 0.15) is 39.2 Å². The summed E-state index contributed by atoms with van der Waals surface area (Å²) < 4.78 is 1.02. The first-order valence-electron chi connectivity index (χ1n) is 6.44. The van der Waals surface area contributed by atoms with Crippen LogP contribution in [0.4, 0.5) is 5.69 Å². The molecule has 1 aromatic carbocycles. The van der Waals surface area contributed by atoms with Gasteiger partial charge in [0.2, 0.25) is 0 Å². The number of hydrogen-bond donors (Lipinski definition) is 2. The van der Waals surface area contributed by atoms with E-state index in [0.29, 0.717) is 11.5 Å². The van der Waals surface area contributed by atoms with Crippen LogP contribution < -0.4 is 11.5 Å². The fraction of sp³-hybridized carbons (Fsp3) is 0.400. The maximum atomic E-state index is 5.67. The second-order valence-corrected chi connectivity index (χ2v) is 5.21. The summed E-state index contributed by atoms with van der Waals surface area (Å²) in [6.45, 7) is 8.15. The minimum absolute atomic E-state index is 0.408. The summed E-state index contributed by atoms with van der Waals surface area (Å²) in [7, 11) is 0. The lowest BCUT2D eigenvalue weighted by molar-refractivity contribution is 0.886. The summed E-state index contributed by atoms with van der Waals surface area (Å²) in [5.41, 5.74) is 13.8. The van der Waals surface area contributed by atoms with Crippen LogP contribution in [0.5, 0.6) is 0 Å². The molecule has 0 saturated heterocycles. The monoisotopic (exact) mass is 325 g/mol. The van der Waals surface area contributed by atoms with E-state index in [1.165, 1.54) is 12.8 Å². The van der Waals surface area contributed by atoms with Gasteiger partial charge in [-0.3, -0.25) is 0 Å². The van der Waals surface area contributed by atoms with Crippen molar-refractivity contribution in [2.45, 2.75) is 40.5 Å². The number of allylic oxidation sites excluding steroid dienone is 1. The smallest absolute Gasteiger partial charge is 0.125 e. The average Bonchev–Trinajstić information content (AvgIpc) is 2.33. The summed E-state index contributed by atoms with van der Waals surface area (Å²) >= 11 is 3.44. The highest BCUT2D eigenvalue weighted by Gasteiger charge is 1.96. The largest absolute Gasteiger partial charge is 0.402 e. The Morgan fingerprint density at radius 3 is 2.26 bits per heavy atom. The van der Waals surface area contributed by atoms with E-state index in [4.69, 9.17) is 11.5 Å². The Bertz CT molecular complexity index is 445. The summed E-state index contributed by atoms with van der Waals surface area (Å²) in [5.74, 6) is 0.408. The van der Waals surface area contributed by atoms with Gasteiger partial charge in [0.1, 0.15) is 5.84 Å². The van der Waals surface area contributed by atoms with Crippen LogP contribution in [0, 0.1) is 6.92 Å². The van der Waals surface area contributed by atoms with Gasteiger partial charge in [0, 0.05) is 10.2 Å². The summed E-state index contributed by atoms with van der Waals surface area (Å²) in [4.78, 5) is 4.21. The molecule has 0 spiro atoms. The zero-order valence-electron chi connectivity index (χ0n) is 12.2. The first-order valence-corrected chi connectivity index (χ1v) is 7.24. The van der Waals surface area contributed by atoms with Gasteiger partial charge in [-0.25, -0.2) is 4.99 Å². The lowest BCUT2D eigenvalue weighted by atomic mass is 10.2. The maximum absolute atomic E-state index is 5.67. The quantitative estimate of drug-likeness (QED) is 0.638. The van der Waals surface area contributed by atoms with E-state index in [-0.39, 0.29) is 0 Å². The molecule has 4 heteroatoms. The van der Waals surface area contributed by atoms with Gasteiger partial charge in [0.05, 0.1) is 5.69 Å². The molecular weight excluding hydrogens is 302 g/mol. The maximum Gasteiger partial charge on any atom is 0.125 e. The van der Waals surface area contributed by atoms with Crippen molar-refractivity contribution in [2.24, 2.45) is 16.5 Å². The highest BCUT2D eigenvalue weighted by Crippen LogP contribution is 2.22.